The van der Waals surface area contributed by atoms with Crippen LogP contribution in [0.3, 0.4) is 0 Å². The lowest BCUT2D eigenvalue weighted by Gasteiger charge is -2.27. The molecule has 3 rings (SSSR count). The van der Waals surface area contributed by atoms with Crippen molar-refractivity contribution in [1.82, 2.24) is 14.9 Å². The summed E-state index contributed by atoms with van der Waals surface area (Å²) in [7, 11) is -3.61. The van der Waals surface area contributed by atoms with E-state index in [0.29, 0.717) is 25.2 Å². The topological polar surface area (TPSA) is 78.5 Å². The minimum atomic E-state index is -3.61. The molecule has 2 saturated heterocycles. The summed E-state index contributed by atoms with van der Waals surface area (Å²) < 4.78 is 27.1. The van der Waals surface area contributed by atoms with Gasteiger partial charge in [-0.1, -0.05) is 6.07 Å². The number of carbonyl (C=O) groups is 1. The molecule has 0 aromatic carbocycles. The SMILES string of the molecule is CC(NS(=O)(=O)c1cccs1)C(=O)N1CCC2CCC(C1)N2.Cl. The molecule has 1 aromatic rings. The quantitative estimate of drug-likeness (QED) is 0.823. The highest BCUT2D eigenvalue weighted by molar-refractivity contribution is 7.91. The molecule has 2 bridgehead atoms. The second-order valence-electron chi connectivity index (χ2n) is 5.99. The zero-order chi connectivity index (χ0) is 15.7. The number of thiophene rings is 1. The van der Waals surface area contributed by atoms with Crippen LogP contribution in [-0.2, 0) is 14.8 Å². The minimum Gasteiger partial charge on any atom is -0.340 e. The Morgan fingerprint density at radius 1 is 1.39 bits per heavy atom. The van der Waals surface area contributed by atoms with Crippen LogP contribution in [0.1, 0.15) is 26.2 Å². The lowest BCUT2D eigenvalue weighted by molar-refractivity contribution is -0.132. The van der Waals surface area contributed by atoms with Crippen molar-refractivity contribution in [2.45, 2.75) is 48.5 Å². The van der Waals surface area contributed by atoms with E-state index in [9.17, 15) is 13.2 Å². The van der Waals surface area contributed by atoms with Gasteiger partial charge in [-0.15, -0.1) is 23.7 Å². The number of fused-ring (bicyclic) bond motifs is 2. The number of hydrogen-bond acceptors (Lipinski definition) is 5. The van der Waals surface area contributed by atoms with Crippen molar-refractivity contribution in [3.05, 3.63) is 17.5 Å². The summed E-state index contributed by atoms with van der Waals surface area (Å²) in [6.07, 6.45) is 3.20. The third-order valence-corrected chi connectivity index (χ3v) is 7.24. The van der Waals surface area contributed by atoms with Crippen LogP contribution in [-0.4, -0.2) is 50.4 Å². The van der Waals surface area contributed by atoms with Crippen LogP contribution in [0.5, 0.6) is 0 Å². The lowest BCUT2D eigenvalue weighted by Crippen LogP contribution is -2.49. The monoisotopic (exact) mass is 379 g/mol. The van der Waals surface area contributed by atoms with Gasteiger partial charge in [-0.05, 0) is 37.6 Å². The second kappa shape index (κ2) is 7.48. The number of halogens is 1. The van der Waals surface area contributed by atoms with Gasteiger partial charge in [0, 0.05) is 25.2 Å². The number of rotatable bonds is 4. The maximum atomic E-state index is 12.5. The molecule has 2 aliphatic heterocycles. The van der Waals surface area contributed by atoms with Crippen LogP contribution in [0.25, 0.3) is 0 Å². The van der Waals surface area contributed by atoms with Gasteiger partial charge in [0.1, 0.15) is 4.21 Å². The molecule has 0 saturated carbocycles. The first-order valence-electron chi connectivity index (χ1n) is 7.56. The van der Waals surface area contributed by atoms with Crippen molar-refractivity contribution in [3.8, 4) is 0 Å². The van der Waals surface area contributed by atoms with Gasteiger partial charge in [-0.25, -0.2) is 8.42 Å². The molecule has 9 heteroatoms. The highest BCUT2D eigenvalue weighted by Gasteiger charge is 2.33. The molecule has 3 heterocycles. The predicted octanol–water partition coefficient (Wildman–Crippen LogP) is 1.19. The standard InChI is InChI=1S/C14H21N3O3S2.ClH/c1-10(16-22(19,20)13-3-2-8-21-13)14(18)17-7-6-11-4-5-12(9-17)15-11;/h2-3,8,10-12,15-16H,4-7,9H2,1H3;1H. The van der Waals surface area contributed by atoms with Crippen LogP contribution in [0.2, 0.25) is 0 Å². The smallest absolute Gasteiger partial charge is 0.250 e. The Bertz CT molecular complexity index is 636. The van der Waals surface area contributed by atoms with Crippen molar-refractivity contribution < 1.29 is 13.2 Å². The predicted molar refractivity (Wildman–Crippen MR) is 92.5 cm³/mol. The van der Waals surface area contributed by atoms with E-state index in [0.717, 1.165) is 24.2 Å². The first-order chi connectivity index (χ1) is 10.5. The normalized spacial score (nSPS) is 25.5. The second-order valence-corrected chi connectivity index (χ2v) is 8.87. The molecule has 130 valence electrons. The van der Waals surface area contributed by atoms with Crippen molar-refractivity contribution in [2.24, 2.45) is 0 Å². The van der Waals surface area contributed by atoms with Crippen molar-refractivity contribution in [1.29, 1.82) is 0 Å². The first kappa shape index (κ1) is 18.7. The Balaban J connectivity index is 0.00000192. The Kier molecular flexibility index (Phi) is 6.07. The van der Waals surface area contributed by atoms with Gasteiger partial charge in [-0.3, -0.25) is 4.79 Å². The molecule has 0 spiro atoms. The number of nitrogens with zero attached hydrogens (tertiary/aromatic N) is 1. The third-order valence-electron chi connectivity index (χ3n) is 4.30. The molecule has 6 nitrogen and oxygen atoms in total. The molecule has 2 fully saturated rings. The van der Waals surface area contributed by atoms with Gasteiger partial charge >= 0.3 is 0 Å². The zero-order valence-electron chi connectivity index (χ0n) is 12.9. The van der Waals surface area contributed by atoms with E-state index in [1.165, 1.54) is 6.42 Å². The number of hydrogen-bond donors (Lipinski definition) is 2. The Morgan fingerprint density at radius 2 is 2.13 bits per heavy atom. The summed E-state index contributed by atoms with van der Waals surface area (Å²) in [5.41, 5.74) is 0. The fraction of sp³-hybridized carbons (Fsp3) is 0.643. The van der Waals surface area contributed by atoms with Gasteiger partial charge in [0.15, 0.2) is 0 Å². The van der Waals surface area contributed by atoms with Gasteiger partial charge in [0.2, 0.25) is 5.91 Å². The molecular formula is C14H22ClN3O3S2. The molecule has 2 aliphatic rings. The molecular weight excluding hydrogens is 358 g/mol. The molecule has 0 radical (unpaired) electrons. The fourth-order valence-corrected chi connectivity index (χ4v) is 5.38. The van der Waals surface area contributed by atoms with Crippen molar-refractivity contribution in [3.63, 3.8) is 0 Å². The third kappa shape index (κ3) is 4.24. The summed E-state index contributed by atoms with van der Waals surface area (Å²) in [6.45, 7) is 2.97. The Hall–Kier alpha value is -0.670. The zero-order valence-corrected chi connectivity index (χ0v) is 15.3. The minimum absolute atomic E-state index is 0. The number of carbonyl (C=O) groups excluding carboxylic acids is 1. The maximum Gasteiger partial charge on any atom is 0.250 e. The van der Waals surface area contributed by atoms with E-state index in [1.54, 1.807) is 29.3 Å². The van der Waals surface area contributed by atoms with Crippen LogP contribution in [0.15, 0.2) is 21.7 Å². The molecule has 0 aliphatic carbocycles. The molecule has 1 aromatic heterocycles. The molecule has 3 atom stereocenters. The lowest BCUT2D eigenvalue weighted by atomic mass is 10.1. The molecule has 2 N–H and O–H groups in total. The first-order valence-corrected chi connectivity index (χ1v) is 9.92. The number of sulfonamides is 1. The van der Waals surface area contributed by atoms with Crippen molar-refractivity contribution >= 4 is 39.7 Å². The van der Waals surface area contributed by atoms with Crippen LogP contribution in [0, 0.1) is 0 Å². The van der Waals surface area contributed by atoms with E-state index in [4.69, 9.17) is 0 Å². The Labute approximate surface area is 147 Å². The van der Waals surface area contributed by atoms with Gasteiger partial charge in [-0.2, -0.15) is 4.72 Å². The van der Waals surface area contributed by atoms with Crippen LogP contribution >= 0.6 is 23.7 Å². The highest BCUT2D eigenvalue weighted by atomic mass is 35.5. The Morgan fingerprint density at radius 3 is 2.83 bits per heavy atom. The van der Waals surface area contributed by atoms with Gasteiger partial charge in [0.05, 0.1) is 6.04 Å². The average molecular weight is 380 g/mol. The molecule has 1 amide bonds. The number of amides is 1. The van der Waals surface area contributed by atoms with E-state index < -0.39 is 16.1 Å². The summed E-state index contributed by atoms with van der Waals surface area (Å²) >= 11 is 1.15. The van der Waals surface area contributed by atoms with Gasteiger partial charge < -0.3 is 10.2 Å². The molecule has 3 unspecified atom stereocenters. The number of likely N-dealkylation sites (tertiary alicyclic amines) is 1. The fourth-order valence-electron chi connectivity index (χ4n) is 3.17. The van der Waals surface area contributed by atoms with Crippen LogP contribution < -0.4 is 10.0 Å². The van der Waals surface area contributed by atoms with Crippen molar-refractivity contribution in [2.75, 3.05) is 13.1 Å². The number of nitrogens with one attached hydrogen (secondary N) is 2. The largest absolute Gasteiger partial charge is 0.340 e. The van der Waals surface area contributed by atoms with E-state index in [2.05, 4.69) is 10.0 Å². The van der Waals surface area contributed by atoms with Gasteiger partial charge in [0.25, 0.3) is 10.0 Å². The summed E-state index contributed by atoms with van der Waals surface area (Å²) in [5.74, 6) is -0.144. The summed E-state index contributed by atoms with van der Waals surface area (Å²) in [4.78, 5) is 14.3. The van der Waals surface area contributed by atoms with E-state index in [-0.39, 0.29) is 22.5 Å². The van der Waals surface area contributed by atoms with Crippen LogP contribution in [0.4, 0.5) is 0 Å². The summed E-state index contributed by atoms with van der Waals surface area (Å²) in [6, 6.07) is 3.32. The average Bonchev–Trinajstić information content (AvgIpc) is 3.07. The van der Waals surface area contributed by atoms with E-state index >= 15 is 0 Å². The maximum absolute atomic E-state index is 12.5. The highest BCUT2D eigenvalue weighted by Crippen LogP contribution is 2.21. The molecule has 23 heavy (non-hydrogen) atoms. The summed E-state index contributed by atoms with van der Waals surface area (Å²) in [5, 5.41) is 5.22. The van der Waals surface area contributed by atoms with E-state index in [1.807, 2.05) is 0 Å².